The molecule has 0 fully saturated rings. The van der Waals surface area contributed by atoms with E-state index in [9.17, 15) is 19.2 Å². The van der Waals surface area contributed by atoms with Crippen molar-refractivity contribution >= 4 is 121 Å². The molecule has 0 bridgehead atoms. The van der Waals surface area contributed by atoms with Gasteiger partial charge in [0.15, 0.2) is 23.1 Å². The quantitative estimate of drug-likeness (QED) is 0.0998. The number of hydrogen-bond acceptors (Lipinski definition) is 8. The third-order valence-electron chi connectivity index (χ3n) is 10.9. The third kappa shape index (κ3) is 4.38. The molecule has 7 aromatic carbocycles. The fraction of sp³-hybridized carbons (Fsp3) is 0.0435. The van der Waals surface area contributed by atoms with Gasteiger partial charge in [-0.15, -0.1) is 22.7 Å². The predicted molar refractivity (Wildman–Crippen MR) is 218 cm³/mol. The van der Waals surface area contributed by atoms with Crippen LogP contribution >= 0.6 is 22.7 Å². The minimum Gasteiger partial charge on any atom is -0.288 e. The van der Waals surface area contributed by atoms with Crippen LogP contribution in [0.5, 0.6) is 0 Å². The third-order valence-corrected chi connectivity index (χ3v) is 13.1. The van der Waals surface area contributed by atoms with Gasteiger partial charge in [0, 0.05) is 22.3 Å². The van der Waals surface area contributed by atoms with Crippen LogP contribution in [0.2, 0.25) is 0 Å². The molecular weight excluding hydrogens is 709 g/mol. The van der Waals surface area contributed by atoms with Crippen molar-refractivity contribution in [2.24, 2.45) is 0 Å². The van der Waals surface area contributed by atoms with Crippen LogP contribution in [-0.4, -0.2) is 33.1 Å². The Morgan fingerprint density at radius 3 is 1.02 bits per heavy atom. The normalized spacial score (nSPS) is 14.2. The minimum absolute atomic E-state index is 0.112. The average molecular weight is 733 g/mol. The summed E-state index contributed by atoms with van der Waals surface area (Å²) in [6.07, 6.45) is 3.24. The Balaban J connectivity index is 0.950. The van der Waals surface area contributed by atoms with Crippen molar-refractivity contribution in [3.05, 3.63) is 152 Å². The summed E-state index contributed by atoms with van der Waals surface area (Å²) < 4.78 is 1.81. The first kappa shape index (κ1) is 31.1. The van der Waals surface area contributed by atoms with Gasteiger partial charge in [-0.3, -0.25) is 19.2 Å². The molecule has 6 nitrogen and oxygen atoms in total. The summed E-state index contributed by atoms with van der Waals surface area (Å²) in [5.74, 6) is -1.17. The first-order valence-corrected chi connectivity index (χ1v) is 19.1. The monoisotopic (exact) mass is 732 g/mol. The number of ketones is 4. The van der Waals surface area contributed by atoms with E-state index in [1.165, 1.54) is 22.7 Å². The van der Waals surface area contributed by atoms with Crippen molar-refractivity contribution in [1.82, 2.24) is 9.97 Å². The van der Waals surface area contributed by atoms with Gasteiger partial charge in [-0.25, -0.2) is 9.97 Å². The molecule has 2 aliphatic carbocycles. The molecule has 8 heteroatoms. The summed E-state index contributed by atoms with van der Waals surface area (Å²) >= 11 is 2.82. The number of aromatic nitrogens is 2. The van der Waals surface area contributed by atoms with Crippen LogP contribution in [0.3, 0.4) is 0 Å². The number of Topliss-reactive ketones (excluding diaryl/α,β-unsaturated/α-hetero) is 4. The van der Waals surface area contributed by atoms with Crippen molar-refractivity contribution in [1.29, 1.82) is 0 Å². The van der Waals surface area contributed by atoms with E-state index >= 15 is 0 Å². The van der Waals surface area contributed by atoms with Crippen molar-refractivity contribution in [3.8, 4) is 0 Å². The second-order valence-corrected chi connectivity index (χ2v) is 16.1. The zero-order valence-electron chi connectivity index (χ0n) is 28.7. The van der Waals surface area contributed by atoms with Crippen LogP contribution in [0.4, 0.5) is 0 Å². The van der Waals surface area contributed by atoms with E-state index in [0.717, 1.165) is 74.6 Å². The van der Waals surface area contributed by atoms with Gasteiger partial charge in [0.05, 0.1) is 31.6 Å². The van der Waals surface area contributed by atoms with Gasteiger partial charge in [0.1, 0.15) is 10.0 Å². The Bertz CT molecular complexity index is 2950. The number of nitrogens with zero attached hydrogens (tertiary/aromatic N) is 2. The Hall–Kier alpha value is -6.48. The fourth-order valence-electron chi connectivity index (χ4n) is 8.06. The molecular formula is C46H24N2O4S2. The van der Waals surface area contributed by atoms with E-state index < -0.39 is 0 Å². The first-order chi connectivity index (χ1) is 26.2. The van der Waals surface area contributed by atoms with E-state index in [4.69, 9.17) is 9.97 Å². The molecule has 2 heterocycles. The maximum Gasteiger partial charge on any atom is 0.197 e. The summed E-state index contributed by atoms with van der Waals surface area (Å²) in [5, 5.41) is 9.08. The summed E-state index contributed by atoms with van der Waals surface area (Å²) in [7, 11) is 0. The Morgan fingerprint density at radius 1 is 0.426 bits per heavy atom. The predicted octanol–water partition coefficient (Wildman–Crippen LogP) is 11.1. The maximum atomic E-state index is 13.7. The number of hydrogen-bond donors (Lipinski definition) is 0. The van der Waals surface area contributed by atoms with E-state index in [1.807, 2.05) is 86.6 Å². The molecule has 11 rings (SSSR count). The number of rotatable bonds is 2. The topological polar surface area (TPSA) is 94.1 Å². The number of thiazole rings is 2. The lowest BCUT2D eigenvalue weighted by Gasteiger charge is -2.04. The van der Waals surface area contributed by atoms with Crippen molar-refractivity contribution in [3.63, 3.8) is 0 Å². The van der Waals surface area contributed by atoms with Crippen molar-refractivity contribution in [2.75, 3.05) is 0 Å². The highest BCUT2D eigenvalue weighted by Crippen LogP contribution is 2.41. The van der Waals surface area contributed by atoms with Crippen LogP contribution in [0.15, 0.2) is 108 Å². The zero-order chi connectivity index (χ0) is 36.6. The van der Waals surface area contributed by atoms with Crippen LogP contribution < -0.4 is 0 Å². The molecule has 2 aromatic heterocycles. The van der Waals surface area contributed by atoms with Crippen molar-refractivity contribution in [2.45, 2.75) is 13.8 Å². The Labute approximate surface area is 314 Å². The van der Waals surface area contributed by atoms with Crippen LogP contribution in [-0.2, 0) is 0 Å². The van der Waals surface area contributed by atoms with E-state index in [2.05, 4.69) is 24.3 Å². The summed E-state index contributed by atoms with van der Waals surface area (Å²) in [4.78, 5) is 64.4. The largest absolute Gasteiger partial charge is 0.288 e. The second-order valence-electron chi connectivity index (χ2n) is 14.0. The van der Waals surface area contributed by atoms with E-state index in [1.54, 1.807) is 12.2 Å². The Kier molecular flexibility index (Phi) is 6.34. The Morgan fingerprint density at radius 2 is 0.722 bits per heavy atom. The number of carbonyl (C=O) groups is 4. The van der Waals surface area contributed by atoms with Gasteiger partial charge >= 0.3 is 0 Å². The molecule has 9 aromatic rings. The van der Waals surface area contributed by atoms with Gasteiger partial charge in [0.25, 0.3) is 0 Å². The smallest absolute Gasteiger partial charge is 0.197 e. The molecule has 0 atom stereocenters. The van der Waals surface area contributed by atoms with Crippen LogP contribution in [0, 0.1) is 13.8 Å². The molecule has 2 aliphatic rings. The maximum absolute atomic E-state index is 13.7. The molecule has 54 heavy (non-hydrogen) atoms. The zero-order valence-corrected chi connectivity index (χ0v) is 30.4. The highest BCUT2D eigenvalue weighted by molar-refractivity contribution is 7.21. The van der Waals surface area contributed by atoms with Gasteiger partial charge in [-0.2, -0.15) is 0 Å². The van der Waals surface area contributed by atoms with Crippen molar-refractivity contribution < 1.29 is 19.2 Å². The van der Waals surface area contributed by atoms with Gasteiger partial charge in [-0.1, -0.05) is 48.5 Å². The summed E-state index contributed by atoms with van der Waals surface area (Å²) in [6, 6.07) is 31.6. The first-order valence-electron chi connectivity index (χ1n) is 17.5. The molecule has 0 saturated heterocycles. The molecule has 0 spiro atoms. The molecule has 0 N–H and O–H groups in total. The van der Waals surface area contributed by atoms with Gasteiger partial charge in [0.2, 0.25) is 0 Å². The molecule has 0 aliphatic heterocycles. The van der Waals surface area contributed by atoms with Gasteiger partial charge in [-0.05, 0) is 129 Å². The van der Waals surface area contributed by atoms with E-state index in [0.29, 0.717) is 32.3 Å². The highest BCUT2D eigenvalue weighted by Gasteiger charge is 2.35. The standard InChI is InChI=1S/C46H24N2O4S2/c1-21-39-46(54-37(47-39)19-35-41(49)31-15-27-11-23-7-3-4-8-24(23)12-28(27)16-32(31)42(35)50)22(2)40-45(21)53-38(48-40)20-36-43(51)33-17-29-13-25-9-5-6-10-26(25)14-30(29)18-34(33)44(36)52/h3-20H,1-2H3. The average Bonchev–Trinajstić information content (AvgIpc) is 3.92. The lowest BCUT2D eigenvalue weighted by molar-refractivity contribution is 0.0975. The second kappa shape index (κ2) is 11.0. The number of carbonyl (C=O) groups excluding carboxylic acids is 4. The fourth-order valence-corrected chi connectivity index (χ4v) is 10.2. The lowest BCUT2D eigenvalue weighted by Crippen LogP contribution is -2.00. The SMILES string of the molecule is Cc1c2nc(C=C3C(=O)c4cc5cc6ccccc6cc5cc4C3=O)sc2c(C)c2nc(C=C3C(=O)c4cc5cc6ccccc6cc5cc4C3=O)sc12. The van der Waals surface area contributed by atoms with E-state index in [-0.39, 0.29) is 34.3 Å². The minimum atomic E-state index is -0.294. The summed E-state index contributed by atoms with van der Waals surface area (Å²) in [5.41, 5.74) is 5.24. The molecule has 0 saturated carbocycles. The van der Waals surface area contributed by atoms with Crippen LogP contribution in [0.25, 0.3) is 75.7 Å². The summed E-state index contributed by atoms with van der Waals surface area (Å²) in [6.45, 7) is 3.95. The van der Waals surface area contributed by atoms with Gasteiger partial charge < -0.3 is 0 Å². The molecule has 254 valence electrons. The molecule has 0 amide bonds. The number of fused-ring (bicyclic) bond motifs is 8. The highest BCUT2D eigenvalue weighted by atomic mass is 32.1. The lowest BCUT2D eigenvalue weighted by atomic mass is 9.99. The molecule has 0 radical (unpaired) electrons. The molecule has 0 unspecified atom stereocenters. The number of aryl methyl sites for hydroxylation is 2. The number of benzene rings is 7. The van der Waals surface area contributed by atoms with Crippen LogP contribution in [0.1, 0.15) is 62.6 Å². The number of allylic oxidation sites excluding steroid dienone is 2.